The highest BCUT2D eigenvalue weighted by atomic mass is 16.6. The lowest BCUT2D eigenvalue weighted by molar-refractivity contribution is -0.160. The summed E-state index contributed by atoms with van der Waals surface area (Å²) >= 11 is 0. The molecule has 39 heavy (non-hydrogen) atoms. The Kier molecular flexibility index (Phi) is 8.50. The zero-order valence-electron chi connectivity index (χ0n) is 22.3. The van der Waals surface area contributed by atoms with Crippen molar-refractivity contribution < 1.29 is 33.7 Å². The molecule has 1 saturated carbocycles. The molecule has 2 aromatic rings. The van der Waals surface area contributed by atoms with E-state index in [-0.39, 0.29) is 18.9 Å². The smallest absolute Gasteiger partial charge is 0.407 e. The summed E-state index contributed by atoms with van der Waals surface area (Å²) in [6.07, 6.45) is 7.17. The van der Waals surface area contributed by atoms with E-state index in [1.807, 2.05) is 12.1 Å². The Morgan fingerprint density at radius 3 is 2.67 bits per heavy atom. The number of aryl methyl sites for hydroxylation is 1. The standard InChI is InChI=1S/C29H37N3O7/c1-37-27-23-17-22(28(34)35)32(27)26(33)24(20-9-5-2-6-10-20)31-29(36)38-15-7-3-4-8-18-11-12-19-13-14-30-25(39-23)21(19)16-18/h11-14,16,20,22-24,27H,2-10,15,17H2,1H3,(H,31,36)(H,34,35)/t22-,23-,24-,27+/m0/s1. The van der Waals surface area contributed by atoms with Gasteiger partial charge >= 0.3 is 12.1 Å². The van der Waals surface area contributed by atoms with Gasteiger partial charge in [-0.2, -0.15) is 0 Å². The Bertz CT molecular complexity index is 1200. The molecule has 3 heterocycles. The number of cyclic esters (lactones) is 1. The number of benzene rings is 1. The number of pyridine rings is 1. The maximum Gasteiger partial charge on any atom is 0.407 e. The predicted molar refractivity (Wildman–Crippen MR) is 142 cm³/mol. The number of ether oxygens (including phenoxy) is 3. The maximum atomic E-state index is 14.1. The lowest BCUT2D eigenvalue weighted by Gasteiger charge is -2.36. The van der Waals surface area contributed by atoms with E-state index >= 15 is 0 Å². The second-order valence-electron chi connectivity index (χ2n) is 10.8. The van der Waals surface area contributed by atoms with Crippen molar-refractivity contribution in [2.45, 2.75) is 88.6 Å². The predicted octanol–water partition coefficient (Wildman–Crippen LogP) is 4.04. The number of rotatable bonds is 3. The van der Waals surface area contributed by atoms with Gasteiger partial charge in [0.2, 0.25) is 11.8 Å². The number of aromatic nitrogens is 1. The zero-order valence-corrected chi connectivity index (χ0v) is 22.3. The lowest BCUT2D eigenvalue weighted by Crippen LogP contribution is -2.58. The van der Waals surface area contributed by atoms with Crippen LogP contribution >= 0.6 is 0 Å². The van der Waals surface area contributed by atoms with E-state index in [2.05, 4.69) is 22.4 Å². The number of nitrogens with one attached hydrogen (secondary N) is 1. The molecular weight excluding hydrogens is 502 g/mol. The molecule has 1 aromatic heterocycles. The van der Waals surface area contributed by atoms with Gasteiger partial charge in [0.15, 0.2) is 6.23 Å². The number of hydrogen-bond donors (Lipinski definition) is 2. The zero-order chi connectivity index (χ0) is 27.4. The van der Waals surface area contributed by atoms with Gasteiger partial charge in [-0.3, -0.25) is 9.69 Å². The fourth-order valence-corrected chi connectivity index (χ4v) is 6.21. The molecule has 1 saturated heterocycles. The molecule has 2 aliphatic heterocycles. The van der Waals surface area contributed by atoms with Crippen LogP contribution in [0.1, 0.15) is 63.4 Å². The van der Waals surface area contributed by atoms with Crippen LogP contribution in [0.25, 0.3) is 10.8 Å². The highest BCUT2D eigenvalue weighted by Gasteiger charge is 2.51. The van der Waals surface area contributed by atoms with Gasteiger partial charge in [0.25, 0.3) is 0 Å². The Labute approximate surface area is 228 Å². The first-order valence-electron chi connectivity index (χ1n) is 14.0. The van der Waals surface area contributed by atoms with Crippen LogP contribution in [0.3, 0.4) is 0 Å². The number of carbonyl (C=O) groups is 3. The van der Waals surface area contributed by atoms with E-state index in [0.29, 0.717) is 12.3 Å². The number of amides is 2. The highest BCUT2D eigenvalue weighted by molar-refractivity contribution is 5.91. The van der Waals surface area contributed by atoms with Crippen molar-refractivity contribution in [3.8, 4) is 5.88 Å². The van der Waals surface area contributed by atoms with Gasteiger partial charge in [-0.15, -0.1) is 0 Å². The summed E-state index contributed by atoms with van der Waals surface area (Å²) in [4.78, 5) is 45.0. The van der Waals surface area contributed by atoms with Gasteiger partial charge < -0.3 is 24.6 Å². The Hall–Kier alpha value is -3.40. The van der Waals surface area contributed by atoms with Crippen molar-refractivity contribution in [2.24, 2.45) is 5.92 Å². The number of nitrogens with zero attached hydrogens (tertiary/aromatic N) is 2. The fourth-order valence-electron chi connectivity index (χ4n) is 6.21. The van der Waals surface area contributed by atoms with E-state index in [1.54, 1.807) is 6.20 Å². The van der Waals surface area contributed by atoms with Crippen molar-refractivity contribution in [1.29, 1.82) is 0 Å². The molecule has 210 valence electrons. The molecule has 0 spiro atoms. The Morgan fingerprint density at radius 1 is 1.10 bits per heavy atom. The highest BCUT2D eigenvalue weighted by Crippen LogP contribution is 2.35. The number of fused-ring (bicyclic) bond motifs is 3. The van der Waals surface area contributed by atoms with Crippen LogP contribution in [-0.2, 0) is 25.5 Å². The number of carboxylic acid groups (broad SMARTS) is 1. The number of methoxy groups -OCH3 is 1. The number of aliphatic carboxylic acids is 1. The first-order chi connectivity index (χ1) is 19.0. The average Bonchev–Trinajstić information content (AvgIpc) is 3.32. The average molecular weight is 540 g/mol. The van der Waals surface area contributed by atoms with E-state index < -0.39 is 42.4 Å². The van der Waals surface area contributed by atoms with E-state index in [1.165, 1.54) is 12.0 Å². The number of alkyl carbamates (subject to hydrolysis) is 1. The van der Waals surface area contributed by atoms with Gasteiger partial charge in [0.1, 0.15) is 18.2 Å². The molecule has 2 fully saturated rings. The number of carboxylic acids is 1. The van der Waals surface area contributed by atoms with Crippen molar-refractivity contribution in [2.75, 3.05) is 13.7 Å². The minimum absolute atomic E-state index is 0.0270. The number of hydrogen-bond acceptors (Lipinski definition) is 7. The van der Waals surface area contributed by atoms with Crippen molar-refractivity contribution in [1.82, 2.24) is 15.2 Å². The van der Waals surface area contributed by atoms with Crippen LogP contribution in [0.2, 0.25) is 0 Å². The second kappa shape index (κ2) is 12.2. The van der Waals surface area contributed by atoms with Crippen LogP contribution < -0.4 is 10.1 Å². The topological polar surface area (TPSA) is 127 Å². The Balaban J connectivity index is 1.53. The molecule has 1 aromatic carbocycles. The molecule has 3 aliphatic rings. The van der Waals surface area contributed by atoms with Gasteiger partial charge in [0, 0.05) is 25.1 Å². The first kappa shape index (κ1) is 27.2. The summed E-state index contributed by atoms with van der Waals surface area (Å²) in [5, 5.41) is 14.7. The first-order valence-corrected chi connectivity index (χ1v) is 14.0. The monoisotopic (exact) mass is 539 g/mol. The van der Waals surface area contributed by atoms with Crippen LogP contribution in [0.5, 0.6) is 5.88 Å². The largest absolute Gasteiger partial charge is 0.480 e. The van der Waals surface area contributed by atoms with Crippen molar-refractivity contribution in [3.05, 3.63) is 36.0 Å². The van der Waals surface area contributed by atoms with Crippen LogP contribution in [0.15, 0.2) is 30.5 Å². The summed E-state index contributed by atoms with van der Waals surface area (Å²) in [5.74, 6) is -1.38. The second-order valence-corrected chi connectivity index (χ2v) is 10.8. The van der Waals surface area contributed by atoms with Crippen LogP contribution in [0, 0.1) is 5.92 Å². The molecule has 2 amide bonds. The maximum absolute atomic E-state index is 14.1. The molecular formula is C29H37N3O7. The molecule has 5 rings (SSSR count). The minimum Gasteiger partial charge on any atom is -0.480 e. The molecule has 10 heteroatoms. The summed E-state index contributed by atoms with van der Waals surface area (Å²) in [6.45, 7) is 0.251. The van der Waals surface area contributed by atoms with Gasteiger partial charge in [-0.1, -0.05) is 31.4 Å². The van der Waals surface area contributed by atoms with Gasteiger partial charge in [-0.25, -0.2) is 14.6 Å². The van der Waals surface area contributed by atoms with Gasteiger partial charge in [-0.05, 0) is 67.5 Å². The van der Waals surface area contributed by atoms with Crippen molar-refractivity contribution >= 4 is 28.7 Å². The van der Waals surface area contributed by atoms with Crippen LogP contribution in [0.4, 0.5) is 4.79 Å². The normalized spacial score (nSPS) is 27.4. The van der Waals surface area contributed by atoms with Crippen molar-refractivity contribution in [3.63, 3.8) is 0 Å². The molecule has 4 bridgehead atoms. The molecule has 10 nitrogen and oxygen atoms in total. The third-order valence-corrected chi connectivity index (χ3v) is 8.23. The van der Waals surface area contributed by atoms with E-state index in [9.17, 15) is 19.5 Å². The molecule has 2 N–H and O–H groups in total. The fraction of sp³-hybridized carbons (Fsp3) is 0.586. The SMILES string of the molecule is CO[C@@H]1[C@@H]2C[C@@H](C(=O)O)N1C(=O)[C@H](C1CCCCC1)NC(=O)OCCCCCc1ccc3ccnc(c3c1)O2. The third-order valence-electron chi connectivity index (χ3n) is 8.23. The van der Waals surface area contributed by atoms with E-state index in [4.69, 9.17) is 14.2 Å². The Morgan fingerprint density at radius 2 is 1.90 bits per heavy atom. The molecule has 0 unspecified atom stereocenters. The third kappa shape index (κ3) is 5.95. The van der Waals surface area contributed by atoms with Crippen LogP contribution in [-0.4, -0.2) is 71.1 Å². The number of carbonyl (C=O) groups excluding carboxylic acids is 2. The summed E-state index contributed by atoms with van der Waals surface area (Å²) in [7, 11) is 1.43. The quantitative estimate of drug-likeness (QED) is 0.598. The summed E-state index contributed by atoms with van der Waals surface area (Å²) in [6, 6.07) is 5.98. The molecule has 4 atom stereocenters. The van der Waals surface area contributed by atoms with Gasteiger partial charge in [0.05, 0.1) is 6.61 Å². The molecule has 1 aliphatic carbocycles. The summed E-state index contributed by atoms with van der Waals surface area (Å²) in [5.41, 5.74) is 1.13. The lowest BCUT2D eigenvalue weighted by atomic mass is 9.83. The van der Waals surface area contributed by atoms with E-state index in [0.717, 1.165) is 67.7 Å². The molecule has 0 radical (unpaired) electrons. The summed E-state index contributed by atoms with van der Waals surface area (Å²) < 4.78 is 17.5. The minimum atomic E-state index is -1.18.